The summed E-state index contributed by atoms with van der Waals surface area (Å²) in [5.41, 5.74) is 1.42. The smallest absolute Gasteiger partial charge is 0.340 e. The molecule has 0 aliphatic carbocycles. The van der Waals surface area contributed by atoms with Gasteiger partial charge in [-0.1, -0.05) is 48.5 Å². The Bertz CT molecular complexity index is 984. The molecule has 1 aliphatic heterocycles. The minimum atomic E-state index is -0.672. The van der Waals surface area contributed by atoms with Crippen LogP contribution in [0, 0.1) is 0 Å². The first kappa shape index (κ1) is 17.5. The van der Waals surface area contributed by atoms with Gasteiger partial charge in [0.1, 0.15) is 0 Å². The number of hydrogen-bond donors (Lipinski definition) is 0. The fourth-order valence-corrected chi connectivity index (χ4v) is 3.95. The van der Waals surface area contributed by atoms with Crippen molar-refractivity contribution in [2.45, 2.75) is 18.3 Å². The van der Waals surface area contributed by atoms with Gasteiger partial charge in [0, 0.05) is 24.8 Å². The van der Waals surface area contributed by atoms with Crippen LogP contribution in [0.4, 0.5) is 0 Å². The van der Waals surface area contributed by atoms with Gasteiger partial charge in [0.25, 0.3) is 0 Å². The molecule has 27 heavy (non-hydrogen) atoms. The standard InChI is InChI=1S/C22H21NO4/c1-26-20(24)18-15-23(19-10-6-5-9-17(18)19)21(25)22(11-13-27-14-12-22)16-7-3-2-4-8-16/h2-10,15H,11-14H2,1H3. The van der Waals surface area contributed by atoms with Crippen molar-refractivity contribution in [3.8, 4) is 0 Å². The summed E-state index contributed by atoms with van der Waals surface area (Å²) in [6.45, 7) is 1.06. The molecule has 0 atom stereocenters. The van der Waals surface area contributed by atoms with Crippen molar-refractivity contribution in [2.75, 3.05) is 20.3 Å². The van der Waals surface area contributed by atoms with Crippen LogP contribution < -0.4 is 0 Å². The van der Waals surface area contributed by atoms with Crippen LogP contribution in [0.2, 0.25) is 0 Å². The van der Waals surface area contributed by atoms with Crippen LogP contribution in [-0.4, -0.2) is 36.8 Å². The summed E-state index contributed by atoms with van der Waals surface area (Å²) in [5, 5.41) is 0.716. The lowest BCUT2D eigenvalue weighted by Crippen LogP contribution is -2.44. The maximum absolute atomic E-state index is 13.8. The minimum Gasteiger partial charge on any atom is -0.465 e. The molecule has 0 radical (unpaired) electrons. The third-order valence-electron chi connectivity index (χ3n) is 5.42. The number of benzene rings is 2. The SMILES string of the molecule is COC(=O)c1cn(C(=O)C2(c3ccccc3)CCOCC2)c2ccccc12. The van der Waals surface area contributed by atoms with Crippen molar-refractivity contribution in [1.82, 2.24) is 4.57 Å². The largest absolute Gasteiger partial charge is 0.465 e. The highest BCUT2D eigenvalue weighted by atomic mass is 16.5. The average molecular weight is 363 g/mol. The molecule has 1 aliphatic rings. The number of rotatable bonds is 3. The van der Waals surface area contributed by atoms with E-state index in [2.05, 4.69) is 0 Å². The summed E-state index contributed by atoms with van der Waals surface area (Å²) in [7, 11) is 1.35. The van der Waals surface area contributed by atoms with E-state index in [0.717, 1.165) is 5.56 Å². The second kappa shape index (κ2) is 7.00. The van der Waals surface area contributed by atoms with Crippen molar-refractivity contribution >= 4 is 22.8 Å². The van der Waals surface area contributed by atoms with Crippen molar-refractivity contribution in [1.29, 1.82) is 0 Å². The second-order valence-corrected chi connectivity index (χ2v) is 6.79. The van der Waals surface area contributed by atoms with Gasteiger partial charge in [-0.25, -0.2) is 4.79 Å². The van der Waals surface area contributed by atoms with Gasteiger partial charge in [-0.2, -0.15) is 0 Å². The molecule has 1 saturated heterocycles. The first-order chi connectivity index (χ1) is 13.2. The molecule has 3 aromatic rings. The Hall–Kier alpha value is -2.92. The van der Waals surface area contributed by atoms with E-state index in [1.165, 1.54) is 7.11 Å². The van der Waals surface area contributed by atoms with Gasteiger partial charge in [0.05, 0.1) is 23.6 Å². The highest BCUT2D eigenvalue weighted by Gasteiger charge is 2.43. The molecule has 0 saturated carbocycles. The number of fused-ring (bicyclic) bond motifs is 1. The predicted octanol–water partition coefficient (Wildman–Crippen LogP) is 3.82. The fraction of sp³-hybridized carbons (Fsp3) is 0.273. The topological polar surface area (TPSA) is 57.5 Å². The summed E-state index contributed by atoms with van der Waals surface area (Å²) >= 11 is 0. The molecule has 1 fully saturated rings. The Morgan fingerprint density at radius 3 is 2.37 bits per heavy atom. The maximum atomic E-state index is 13.8. The van der Waals surface area contributed by atoms with E-state index in [0.29, 0.717) is 42.5 Å². The molecule has 0 N–H and O–H groups in total. The molecule has 2 heterocycles. The van der Waals surface area contributed by atoms with E-state index >= 15 is 0 Å². The number of carbonyl (C=O) groups is 2. The average Bonchev–Trinajstić information content (AvgIpc) is 3.13. The lowest BCUT2D eigenvalue weighted by molar-refractivity contribution is 0.0370. The Morgan fingerprint density at radius 1 is 1.00 bits per heavy atom. The normalized spacial score (nSPS) is 16.2. The summed E-state index contributed by atoms with van der Waals surface area (Å²) < 4.78 is 12.1. The highest BCUT2D eigenvalue weighted by Crippen LogP contribution is 2.38. The molecular formula is C22H21NO4. The van der Waals surface area contributed by atoms with E-state index in [-0.39, 0.29) is 5.91 Å². The van der Waals surface area contributed by atoms with Crippen molar-refractivity contribution in [2.24, 2.45) is 0 Å². The molecule has 1 aromatic heterocycles. The Kier molecular flexibility index (Phi) is 4.54. The van der Waals surface area contributed by atoms with E-state index in [9.17, 15) is 9.59 Å². The molecule has 4 rings (SSSR count). The lowest BCUT2D eigenvalue weighted by Gasteiger charge is -2.36. The zero-order chi connectivity index (χ0) is 18.9. The first-order valence-corrected chi connectivity index (χ1v) is 9.04. The van der Waals surface area contributed by atoms with Gasteiger partial charge in [-0.05, 0) is 24.5 Å². The predicted molar refractivity (Wildman–Crippen MR) is 102 cm³/mol. The minimum absolute atomic E-state index is 0.0386. The molecule has 138 valence electrons. The molecule has 5 nitrogen and oxygen atoms in total. The lowest BCUT2D eigenvalue weighted by atomic mass is 9.73. The van der Waals surface area contributed by atoms with Gasteiger partial charge in [0.2, 0.25) is 5.91 Å². The van der Waals surface area contributed by atoms with Crippen molar-refractivity contribution < 1.29 is 19.1 Å². The van der Waals surface area contributed by atoms with Crippen molar-refractivity contribution in [3.63, 3.8) is 0 Å². The van der Waals surface area contributed by atoms with E-state index < -0.39 is 11.4 Å². The number of carbonyl (C=O) groups excluding carboxylic acids is 2. The molecule has 0 bridgehead atoms. The summed E-state index contributed by atoms with van der Waals surface area (Å²) in [6, 6.07) is 17.3. The van der Waals surface area contributed by atoms with Crippen LogP contribution in [0.15, 0.2) is 60.8 Å². The maximum Gasteiger partial charge on any atom is 0.340 e. The Labute approximate surface area is 157 Å². The Morgan fingerprint density at radius 2 is 1.67 bits per heavy atom. The quantitative estimate of drug-likeness (QED) is 0.664. The molecule has 2 aromatic carbocycles. The number of para-hydroxylation sites is 1. The van der Waals surface area contributed by atoms with Gasteiger partial charge >= 0.3 is 5.97 Å². The summed E-state index contributed by atoms with van der Waals surface area (Å²) in [5.74, 6) is -0.484. The van der Waals surface area contributed by atoms with Crippen LogP contribution >= 0.6 is 0 Å². The number of esters is 1. The number of hydrogen-bond acceptors (Lipinski definition) is 4. The van der Waals surface area contributed by atoms with E-state index in [1.54, 1.807) is 10.8 Å². The number of nitrogens with zero attached hydrogens (tertiary/aromatic N) is 1. The number of aromatic nitrogens is 1. The van der Waals surface area contributed by atoms with Gasteiger partial charge in [-0.15, -0.1) is 0 Å². The van der Waals surface area contributed by atoms with Crippen LogP contribution in [0.5, 0.6) is 0 Å². The van der Waals surface area contributed by atoms with Crippen LogP contribution in [-0.2, 0) is 14.9 Å². The monoisotopic (exact) mass is 363 g/mol. The van der Waals surface area contributed by atoms with Gasteiger partial charge in [0.15, 0.2) is 0 Å². The molecule has 0 unspecified atom stereocenters. The Balaban J connectivity index is 1.89. The van der Waals surface area contributed by atoms with Gasteiger partial charge < -0.3 is 9.47 Å². The van der Waals surface area contributed by atoms with E-state index in [4.69, 9.17) is 9.47 Å². The van der Waals surface area contributed by atoms with Crippen LogP contribution in [0.1, 0.15) is 33.6 Å². The molecule has 5 heteroatoms. The summed E-state index contributed by atoms with van der Waals surface area (Å²) in [6.07, 6.45) is 2.82. The van der Waals surface area contributed by atoms with Crippen molar-refractivity contribution in [3.05, 3.63) is 71.9 Å². The highest BCUT2D eigenvalue weighted by molar-refractivity contribution is 6.08. The first-order valence-electron chi connectivity index (χ1n) is 9.04. The van der Waals surface area contributed by atoms with E-state index in [1.807, 2.05) is 54.6 Å². The zero-order valence-corrected chi connectivity index (χ0v) is 15.2. The number of methoxy groups -OCH3 is 1. The van der Waals surface area contributed by atoms with Crippen LogP contribution in [0.25, 0.3) is 10.9 Å². The third kappa shape index (κ3) is 2.84. The molecular weight excluding hydrogens is 342 g/mol. The zero-order valence-electron chi connectivity index (χ0n) is 15.2. The number of ether oxygens (including phenoxy) is 2. The van der Waals surface area contributed by atoms with Crippen LogP contribution in [0.3, 0.4) is 0 Å². The summed E-state index contributed by atoms with van der Waals surface area (Å²) in [4.78, 5) is 26.0. The molecule has 0 spiro atoms. The fourth-order valence-electron chi connectivity index (χ4n) is 3.95. The third-order valence-corrected chi connectivity index (χ3v) is 5.42. The van der Waals surface area contributed by atoms with Gasteiger partial charge in [-0.3, -0.25) is 9.36 Å². The molecule has 0 amide bonds. The second-order valence-electron chi connectivity index (χ2n) is 6.79.